The van der Waals surface area contributed by atoms with Crippen molar-refractivity contribution in [3.8, 4) is 10.4 Å². The van der Waals surface area contributed by atoms with Crippen LogP contribution in [-0.2, 0) is 17.9 Å². The summed E-state index contributed by atoms with van der Waals surface area (Å²) >= 11 is 3.08. The van der Waals surface area contributed by atoms with Gasteiger partial charge in [0.05, 0.1) is 24.5 Å². The fraction of sp³-hybridized carbons (Fsp3) is 0.211. The highest BCUT2D eigenvalue weighted by Gasteiger charge is 2.17. The SMILES string of the molecule is Cc1ccc(-c2csc3ncn(CC(=O)N(C)Cc4ccco4)c(=O)c23)s1. The molecule has 8 heteroatoms. The number of likely N-dealkylation sites (N-methyl/N-ethyl adjacent to an activating group) is 1. The van der Waals surface area contributed by atoms with Crippen LogP contribution >= 0.6 is 22.7 Å². The molecule has 1 amide bonds. The third-order valence-corrected chi connectivity index (χ3v) is 6.19. The molecule has 4 rings (SSSR count). The molecule has 0 fully saturated rings. The molecular formula is C19H17N3O3S2. The number of hydrogen-bond acceptors (Lipinski definition) is 6. The average Bonchev–Trinajstić information content (AvgIpc) is 3.37. The van der Waals surface area contributed by atoms with E-state index < -0.39 is 0 Å². The Morgan fingerprint density at radius 2 is 2.19 bits per heavy atom. The Morgan fingerprint density at radius 1 is 1.33 bits per heavy atom. The van der Waals surface area contributed by atoms with Gasteiger partial charge in [0.15, 0.2) is 0 Å². The zero-order valence-corrected chi connectivity index (χ0v) is 16.5. The summed E-state index contributed by atoms with van der Waals surface area (Å²) in [7, 11) is 1.69. The zero-order valence-electron chi connectivity index (χ0n) is 14.8. The number of carbonyl (C=O) groups excluding carboxylic acids is 1. The fourth-order valence-electron chi connectivity index (χ4n) is 2.83. The second-order valence-electron chi connectivity index (χ2n) is 6.25. The number of thiophene rings is 2. The number of aromatic nitrogens is 2. The minimum atomic E-state index is -0.193. The van der Waals surface area contributed by atoms with Gasteiger partial charge < -0.3 is 9.32 Å². The molecule has 0 radical (unpaired) electrons. The van der Waals surface area contributed by atoms with E-state index in [4.69, 9.17) is 4.42 Å². The van der Waals surface area contributed by atoms with Crippen molar-refractivity contribution in [2.45, 2.75) is 20.0 Å². The molecule has 0 aliphatic heterocycles. The van der Waals surface area contributed by atoms with Crippen molar-refractivity contribution in [1.29, 1.82) is 0 Å². The van der Waals surface area contributed by atoms with E-state index in [1.54, 1.807) is 30.7 Å². The van der Waals surface area contributed by atoms with Gasteiger partial charge in [-0.05, 0) is 31.2 Å². The summed E-state index contributed by atoms with van der Waals surface area (Å²) in [6, 6.07) is 7.64. The second-order valence-corrected chi connectivity index (χ2v) is 8.39. The molecule has 0 bridgehead atoms. The maximum absolute atomic E-state index is 13.0. The molecule has 0 N–H and O–H groups in total. The van der Waals surface area contributed by atoms with Crippen LogP contribution in [0.1, 0.15) is 10.6 Å². The van der Waals surface area contributed by atoms with Crippen LogP contribution in [0.15, 0.2) is 51.4 Å². The lowest BCUT2D eigenvalue weighted by Gasteiger charge is -2.16. The highest BCUT2D eigenvalue weighted by Crippen LogP contribution is 2.34. The monoisotopic (exact) mass is 399 g/mol. The van der Waals surface area contributed by atoms with E-state index in [0.29, 0.717) is 22.5 Å². The lowest BCUT2D eigenvalue weighted by molar-refractivity contribution is -0.131. The number of furan rings is 1. The van der Waals surface area contributed by atoms with Crippen LogP contribution < -0.4 is 5.56 Å². The summed E-state index contributed by atoms with van der Waals surface area (Å²) < 4.78 is 6.64. The number of aryl methyl sites for hydroxylation is 1. The largest absolute Gasteiger partial charge is 0.467 e. The van der Waals surface area contributed by atoms with Crippen molar-refractivity contribution in [2.75, 3.05) is 7.05 Å². The van der Waals surface area contributed by atoms with Crippen molar-refractivity contribution in [2.24, 2.45) is 0 Å². The number of amides is 1. The molecule has 0 aromatic carbocycles. The predicted molar refractivity (Wildman–Crippen MR) is 107 cm³/mol. The smallest absolute Gasteiger partial charge is 0.263 e. The number of nitrogens with zero attached hydrogens (tertiary/aromatic N) is 3. The molecule has 0 aliphatic carbocycles. The first-order chi connectivity index (χ1) is 13.0. The van der Waals surface area contributed by atoms with Crippen molar-refractivity contribution >= 4 is 38.8 Å². The van der Waals surface area contributed by atoms with E-state index >= 15 is 0 Å². The maximum atomic E-state index is 13.0. The van der Waals surface area contributed by atoms with Crippen LogP contribution in [0, 0.1) is 6.92 Å². The Morgan fingerprint density at radius 3 is 2.89 bits per heavy atom. The first kappa shape index (κ1) is 17.7. The Kier molecular flexibility index (Phi) is 4.67. The molecular weight excluding hydrogens is 382 g/mol. The van der Waals surface area contributed by atoms with E-state index in [1.165, 1.54) is 32.0 Å². The van der Waals surface area contributed by atoms with E-state index in [-0.39, 0.29) is 18.0 Å². The molecule has 4 aromatic heterocycles. The molecule has 4 heterocycles. The van der Waals surface area contributed by atoms with Crippen LogP contribution in [0.25, 0.3) is 20.7 Å². The average molecular weight is 399 g/mol. The number of rotatable bonds is 5. The Labute approximate surface area is 163 Å². The van der Waals surface area contributed by atoms with E-state index in [2.05, 4.69) is 4.98 Å². The minimum absolute atomic E-state index is 0.0578. The highest BCUT2D eigenvalue weighted by atomic mass is 32.1. The van der Waals surface area contributed by atoms with Crippen LogP contribution in [0.2, 0.25) is 0 Å². The van der Waals surface area contributed by atoms with E-state index in [0.717, 1.165) is 10.4 Å². The van der Waals surface area contributed by atoms with Gasteiger partial charge in [-0.25, -0.2) is 4.98 Å². The third kappa shape index (κ3) is 3.45. The Balaban J connectivity index is 1.63. The molecule has 0 atom stereocenters. The quantitative estimate of drug-likeness (QED) is 0.513. The summed E-state index contributed by atoms with van der Waals surface area (Å²) in [5.41, 5.74) is 0.693. The molecule has 0 saturated carbocycles. The minimum Gasteiger partial charge on any atom is -0.467 e. The predicted octanol–water partition coefficient (Wildman–Crippen LogP) is 3.75. The first-order valence-electron chi connectivity index (χ1n) is 8.32. The Bertz CT molecular complexity index is 1150. The van der Waals surface area contributed by atoms with Gasteiger partial charge in [-0.15, -0.1) is 22.7 Å². The molecule has 0 aliphatic rings. The standard InChI is InChI=1S/C19H17N3O3S2/c1-12-5-6-15(27-12)14-10-26-18-17(14)19(24)22(11-20-18)9-16(23)21(2)8-13-4-3-7-25-13/h3-7,10-11H,8-9H2,1-2H3. The number of hydrogen-bond donors (Lipinski definition) is 0. The molecule has 27 heavy (non-hydrogen) atoms. The third-order valence-electron chi connectivity index (χ3n) is 4.27. The van der Waals surface area contributed by atoms with E-state index in [1.807, 2.05) is 30.5 Å². The van der Waals surface area contributed by atoms with Gasteiger partial charge in [-0.3, -0.25) is 14.2 Å². The van der Waals surface area contributed by atoms with Gasteiger partial charge >= 0.3 is 0 Å². The summed E-state index contributed by atoms with van der Waals surface area (Å²) in [6.07, 6.45) is 3.02. The van der Waals surface area contributed by atoms with Crippen molar-refractivity contribution < 1.29 is 9.21 Å². The molecule has 6 nitrogen and oxygen atoms in total. The maximum Gasteiger partial charge on any atom is 0.263 e. The lowest BCUT2D eigenvalue weighted by atomic mass is 10.2. The normalized spacial score (nSPS) is 11.2. The van der Waals surface area contributed by atoms with Gasteiger partial charge in [0.2, 0.25) is 5.91 Å². The van der Waals surface area contributed by atoms with Crippen LogP contribution in [0.3, 0.4) is 0 Å². The molecule has 0 spiro atoms. The Hall–Kier alpha value is -2.71. The van der Waals surface area contributed by atoms with Crippen LogP contribution in [0.5, 0.6) is 0 Å². The fourth-order valence-corrected chi connectivity index (χ4v) is 4.69. The van der Waals surface area contributed by atoms with Crippen molar-refractivity contribution in [3.05, 3.63) is 63.2 Å². The van der Waals surface area contributed by atoms with Crippen molar-refractivity contribution in [1.82, 2.24) is 14.5 Å². The van der Waals surface area contributed by atoms with Crippen LogP contribution in [-0.4, -0.2) is 27.4 Å². The van der Waals surface area contributed by atoms with Gasteiger partial charge in [-0.1, -0.05) is 0 Å². The van der Waals surface area contributed by atoms with Gasteiger partial charge in [-0.2, -0.15) is 0 Å². The van der Waals surface area contributed by atoms with Crippen molar-refractivity contribution in [3.63, 3.8) is 0 Å². The summed E-state index contributed by atoms with van der Waals surface area (Å²) in [5.74, 6) is 0.512. The molecule has 4 aromatic rings. The van der Waals surface area contributed by atoms with Crippen LogP contribution in [0.4, 0.5) is 0 Å². The summed E-state index contributed by atoms with van der Waals surface area (Å²) in [4.78, 5) is 34.4. The van der Waals surface area contributed by atoms with Gasteiger partial charge in [0, 0.05) is 27.7 Å². The van der Waals surface area contributed by atoms with Gasteiger partial charge in [0.25, 0.3) is 5.56 Å². The number of carbonyl (C=O) groups is 1. The topological polar surface area (TPSA) is 68.3 Å². The second kappa shape index (κ2) is 7.13. The summed E-state index contributed by atoms with van der Waals surface area (Å²) in [6.45, 7) is 2.33. The first-order valence-corrected chi connectivity index (χ1v) is 10.0. The number of fused-ring (bicyclic) bond motifs is 1. The zero-order chi connectivity index (χ0) is 19.0. The molecule has 0 saturated heterocycles. The highest BCUT2D eigenvalue weighted by molar-refractivity contribution is 7.19. The van der Waals surface area contributed by atoms with Gasteiger partial charge in [0.1, 0.15) is 17.1 Å². The summed E-state index contributed by atoms with van der Waals surface area (Å²) in [5, 5.41) is 2.53. The molecule has 138 valence electrons. The van der Waals surface area contributed by atoms with E-state index in [9.17, 15) is 9.59 Å². The lowest BCUT2D eigenvalue weighted by Crippen LogP contribution is -2.33. The molecule has 0 unspecified atom stereocenters.